The van der Waals surface area contributed by atoms with Crippen molar-refractivity contribution in [1.82, 2.24) is 0 Å². The van der Waals surface area contributed by atoms with Gasteiger partial charge in [0.25, 0.3) is 0 Å². The average Bonchev–Trinajstić information content (AvgIpc) is 2.21. The fourth-order valence-corrected chi connectivity index (χ4v) is 0.803. The van der Waals surface area contributed by atoms with Crippen molar-refractivity contribution in [3.8, 4) is 0 Å². The van der Waals surface area contributed by atoms with Gasteiger partial charge < -0.3 is 0 Å². The Morgan fingerprint density at radius 2 is 1.36 bits per heavy atom. The summed E-state index contributed by atoms with van der Waals surface area (Å²) in [6, 6.07) is 0. The second-order valence-corrected chi connectivity index (χ2v) is 2.79. The molecule has 0 heteroatoms. The van der Waals surface area contributed by atoms with Gasteiger partial charge in [0.05, 0.1) is 0 Å². The Morgan fingerprint density at radius 3 is 1.93 bits per heavy atom. The standard InChI is InChI=1S/C14H19/c1-3-5-7-9-11-13-14-12-10-8-6-4-2/h3,7-14H,1-2,4-6H2. The number of allylic oxidation sites excluding steroid dienone is 9. The van der Waals surface area contributed by atoms with E-state index in [1.165, 1.54) is 0 Å². The highest BCUT2D eigenvalue weighted by Crippen LogP contribution is 1.89. The molecule has 14 heavy (non-hydrogen) atoms. The molecule has 1 radical (unpaired) electrons. The number of hydrogen-bond donors (Lipinski definition) is 0. The van der Waals surface area contributed by atoms with Gasteiger partial charge in [0, 0.05) is 0 Å². The molecule has 0 amide bonds. The molecule has 0 heterocycles. The van der Waals surface area contributed by atoms with E-state index < -0.39 is 0 Å². The Hall–Kier alpha value is -1.30. The fourth-order valence-electron chi connectivity index (χ4n) is 0.803. The summed E-state index contributed by atoms with van der Waals surface area (Å²) in [4.78, 5) is 0. The van der Waals surface area contributed by atoms with Gasteiger partial charge in [-0.25, -0.2) is 0 Å². The summed E-state index contributed by atoms with van der Waals surface area (Å²) < 4.78 is 0. The number of rotatable bonds is 7. The van der Waals surface area contributed by atoms with Gasteiger partial charge in [0.2, 0.25) is 0 Å². The largest absolute Gasteiger partial charge is 0.103 e. The smallest absolute Gasteiger partial charge is 0.0169 e. The van der Waals surface area contributed by atoms with E-state index in [4.69, 9.17) is 0 Å². The van der Waals surface area contributed by atoms with E-state index >= 15 is 0 Å². The SMILES string of the molecule is [CH2]CCC=CC=CC=CC=CCC=C. The molecule has 0 aliphatic rings. The molecule has 0 aromatic carbocycles. The molecule has 0 bridgehead atoms. The van der Waals surface area contributed by atoms with Crippen LogP contribution in [0.5, 0.6) is 0 Å². The van der Waals surface area contributed by atoms with Crippen molar-refractivity contribution in [1.29, 1.82) is 0 Å². The summed E-state index contributed by atoms with van der Waals surface area (Å²) in [6.07, 6.45) is 21.1. The second-order valence-electron chi connectivity index (χ2n) is 2.79. The first-order valence-electron chi connectivity index (χ1n) is 4.97. The average molecular weight is 187 g/mol. The van der Waals surface area contributed by atoms with E-state index in [0.29, 0.717) is 0 Å². The van der Waals surface area contributed by atoms with Crippen LogP contribution in [0.25, 0.3) is 0 Å². The summed E-state index contributed by atoms with van der Waals surface area (Å²) >= 11 is 0. The van der Waals surface area contributed by atoms with E-state index in [-0.39, 0.29) is 0 Å². The third kappa shape index (κ3) is 10.7. The first-order chi connectivity index (χ1) is 6.91. The fraction of sp³-hybridized carbons (Fsp3) is 0.214. The molecule has 0 spiro atoms. The number of hydrogen-bond acceptors (Lipinski definition) is 0. The molecule has 0 N–H and O–H groups in total. The summed E-state index contributed by atoms with van der Waals surface area (Å²) in [7, 11) is 0. The predicted octanol–water partition coefficient (Wildman–Crippen LogP) is 4.40. The Kier molecular flexibility index (Phi) is 10.6. The van der Waals surface area contributed by atoms with Crippen molar-refractivity contribution in [3.63, 3.8) is 0 Å². The van der Waals surface area contributed by atoms with Crippen molar-refractivity contribution in [2.24, 2.45) is 0 Å². The van der Waals surface area contributed by atoms with Crippen LogP contribution in [0.1, 0.15) is 19.3 Å². The monoisotopic (exact) mass is 187 g/mol. The normalized spacial score (nSPS) is 12.6. The van der Waals surface area contributed by atoms with E-state index in [1.54, 1.807) is 0 Å². The highest BCUT2D eigenvalue weighted by molar-refractivity contribution is 5.15. The topological polar surface area (TPSA) is 0 Å². The van der Waals surface area contributed by atoms with Crippen LogP contribution >= 0.6 is 0 Å². The zero-order chi connectivity index (χ0) is 10.5. The summed E-state index contributed by atoms with van der Waals surface area (Å²) in [6.45, 7) is 7.39. The molecule has 0 saturated carbocycles. The molecule has 75 valence electrons. The first-order valence-corrected chi connectivity index (χ1v) is 4.97. The highest BCUT2D eigenvalue weighted by atomic mass is 13.8. The van der Waals surface area contributed by atoms with Crippen molar-refractivity contribution in [2.75, 3.05) is 0 Å². The van der Waals surface area contributed by atoms with Gasteiger partial charge in [-0.1, -0.05) is 61.6 Å². The lowest BCUT2D eigenvalue weighted by Gasteiger charge is -1.79. The molecule has 0 nitrogen and oxygen atoms in total. The third-order valence-corrected chi connectivity index (χ3v) is 1.50. The third-order valence-electron chi connectivity index (χ3n) is 1.50. The minimum atomic E-state index is 0.928. The molecular formula is C14H19. The lowest BCUT2D eigenvalue weighted by molar-refractivity contribution is 1.05. The van der Waals surface area contributed by atoms with Gasteiger partial charge in [0.15, 0.2) is 0 Å². The molecular weight excluding hydrogens is 168 g/mol. The zero-order valence-electron chi connectivity index (χ0n) is 8.73. The molecule has 0 unspecified atom stereocenters. The second kappa shape index (κ2) is 11.7. The van der Waals surface area contributed by atoms with Crippen LogP contribution in [-0.2, 0) is 0 Å². The lowest BCUT2D eigenvalue weighted by atomic mass is 10.3. The lowest BCUT2D eigenvalue weighted by Crippen LogP contribution is -1.59. The minimum absolute atomic E-state index is 0.928. The maximum absolute atomic E-state index is 3.75. The van der Waals surface area contributed by atoms with Gasteiger partial charge in [-0.15, -0.1) is 6.58 Å². The van der Waals surface area contributed by atoms with E-state index in [1.807, 2.05) is 42.5 Å². The van der Waals surface area contributed by atoms with Crippen molar-refractivity contribution < 1.29 is 0 Å². The van der Waals surface area contributed by atoms with Crippen LogP contribution in [0.2, 0.25) is 0 Å². The Balaban J connectivity index is 3.54. The molecule has 0 rings (SSSR count). The van der Waals surface area contributed by atoms with Crippen LogP contribution < -0.4 is 0 Å². The van der Waals surface area contributed by atoms with Crippen LogP contribution in [0.3, 0.4) is 0 Å². The van der Waals surface area contributed by atoms with Crippen LogP contribution in [-0.4, -0.2) is 0 Å². The van der Waals surface area contributed by atoms with Crippen molar-refractivity contribution in [2.45, 2.75) is 19.3 Å². The summed E-state index contributed by atoms with van der Waals surface area (Å²) in [5.74, 6) is 0. The molecule has 0 aromatic heterocycles. The van der Waals surface area contributed by atoms with Gasteiger partial charge >= 0.3 is 0 Å². The summed E-state index contributed by atoms with van der Waals surface area (Å²) in [5.41, 5.74) is 0. The highest BCUT2D eigenvalue weighted by Gasteiger charge is 1.68. The molecule has 0 aromatic rings. The molecule has 0 saturated heterocycles. The minimum Gasteiger partial charge on any atom is -0.103 e. The van der Waals surface area contributed by atoms with Crippen molar-refractivity contribution >= 4 is 0 Å². The Morgan fingerprint density at radius 1 is 0.786 bits per heavy atom. The number of unbranched alkanes of at least 4 members (excludes halogenated alkanes) is 1. The molecule has 0 atom stereocenters. The zero-order valence-corrected chi connectivity index (χ0v) is 8.73. The van der Waals surface area contributed by atoms with Crippen molar-refractivity contribution in [3.05, 3.63) is 68.2 Å². The Bertz CT molecular complexity index is 226. The van der Waals surface area contributed by atoms with Gasteiger partial charge in [-0.05, 0) is 19.3 Å². The molecule has 0 aliphatic heterocycles. The van der Waals surface area contributed by atoms with Gasteiger partial charge in [-0.2, -0.15) is 0 Å². The van der Waals surface area contributed by atoms with Crippen LogP contribution in [0.4, 0.5) is 0 Å². The van der Waals surface area contributed by atoms with Gasteiger partial charge in [-0.3, -0.25) is 0 Å². The van der Waals surface area contributed by atoms with E-state index in [0.717, 1.165) is 19.3 Å². The van der Waals surface area contributed by atoms with E-state index in [2.05, 4.69) is 25.7 Å². The first kappa shape index (κ1) is 12.7. The molecule has 0 fully saturated rings. The van der Waals surface area contributed by atoms with E-state index in [9.17, 15) is 0 Å². The van der Waals surface area contributed by atoms with Crippen LogP contribution in [0, 0.1) is 6.92 Å². The molecule has 0 aliphatic carbocycles. The maximum Gasteiger partial charge on any atom is -0.0169 e. The predicted molar refractivity (Wildman–Crippen MR) is 66.0 cm³/mol. The maximum atomic E-state index is 3.75. The van der Waals surface area contributed by atoms with Gasteiger partial charge in [0.1, 0.15) is 0 Å². The summed E-state index contributed by atoms with van der Waals surface area (Å²) in [5, 5.41) is 0. The quantitative estimate of drug-likeness (QED) is 0.409. The van der Waals surface area contributed by atoms with Crippen LogP contribution in [0.15, 0.2) is 61.3 Å². The Labute approximate surface area is 88.0 Å².